The normalized spacial score (nSPS) is 12.5. The molecule has 4 heteroatoms. The third kappa shape index (κ3) is 5.60. The summed E-state index contributed by atoms with van der Waals surface area (Å²) in [4.78, 5) is 11.4. The van der Waals surface area contributed by atoms with E-state index in [1.54, 1.807) is 0 Å². The first kappa shape index (κ1) is 12.4. The molecule has 0 aliphatic rings. The molecular weight excluding hydrogens is 168 g/mol. The molecule has 0 heterocycles. The van der Waals surface area contributed by atoms with Gasteiger partial charge in [-0.25, -0.2) is 0 Å². The summed E-state index contributed by atoms with van der Waals surface area (Å²) in [5.41, 5.74) is 5.45. The molecule has 0 aliphatic carbocycles. The highest BCUT2D eigenvalue weighted by Crippen LogP contribution is 2.03. The van der Waals surface area contributed by atoms with Crippen LogP contribution in [0, 0.1) is 5.92 Å². The zero-order valence-electron chi connectivity index (χ0n) is 8.25. The Labute approximate surface area is 79.5 Å². The van der Waals surface area contributed by atoms with Gasteiger partial charge in [-0.2, -0.15) is 0 Å². The van der Waals surface area contributed by atoms with E-state index in [4.69, 9.17) is 10.8 Å². The smallest absolute Gasteiger partial charge is 0.224 e. The fraction of sp³-hybridized carbons (Fsp3) is 0.889. The predicted octanol–water partition coefficient (Wildman–Crippen LogP) is -0.140. The summed E-state index contributed by atoms with van der Waals surface area (Å²) in [6, 6.07) is 0. The predicted molar refractivity (Wildman–Crippen MR) is 52.2 cm³/mol. The SMILES string of the molecule is CCCC(CN)C(=O)NCCCO. The summed E-state index contributed by atoms with van der Waals surface area (Å²) in [6.45, 7) is 3.08. The summed E-state index contributed by atoms with van der Waals surface area (Å²) in [5.74, 6) is -0.0542. The van der Waals surface area contributed by atoms with Gasteiger partial charge in [0.2, 0.25) is 5.91 Å². The van der Waals surface area contributed by atoms with Crippen molar-refractivity contribution in [3.05, 3.63) is 0 Å². The van der Waals surface area contributed by atoms with Crippen LogP contribution in [-0.4, -0.2) is 30.7 Å². The Morgan fingerprint density at radius 1 is 1.62 bits per heavy atom. The molecule has 0 aromatic rings. The topological polar surface area (TPSA) is 75.4 Å². The van der Waals surface area contributed by atoms with Crippen molar-refractivity contribution >= 4 is 5.91 Å². The van der Waals surface area contributed by atoms with Gasteiger partial charge in [-0.05, 0) is 12.8 Å². The van der Waals surface area contributed by atoms with E-state index in [0.717, 1.165) is 12.8 Å². The van der Waals surface area contributed by atoms with Crippen molar-refractivity contribution in [2.24, 2.45) is 11.7 Å². The summed E-state index contributed by atoms with van der Waals surface area (Å²) >= 11 is 0. The first-order valence-electron chi connectivity index (χ1n) is 4.84. The molecule has 1 unspecified atom stereocenters. The third-order valence-corrected chi connectivity index (χ3v) is 1.93. The molecule has 78 valence electrons. The van der Waals surface area contributed by atoms with Gasteiger partial charge in [0.1, 0.15) is 0 Å². The van der Waals surface area contributed by atoms with Gasteiger partial charge in [0.15, 0.2) is 0 Å². The highest BCUT2D eigenvalue weighted by molar-refractivity contribution is 5.78. The van der Waals surface area contributed by atoms with Crippen LogP contribution in [0.25, 0.3) is 0 Å². The number of rotatable bonds is 7. The maximum Gasteiger partial charge on any atom is 0.224 e. The molecule has 0 aliphatic heterocycles. The average molecular weight is 188 g/mol. The van der Waals surface area contributed by atoms with Crippen LogP contribution in [0.2, 0.25) is 0 Å². The van der Waals surface area contributed by atoms with Crippen LogP contribution in [0.5, 0.6) is 0 Å². The van der Waals surface area contributed by atoms with Crippen LogP contribution in [0.3, 0.4) is 0 Å². The van der Waals surface area contributed by atoms with Gasteiger partial charge in [-0.3, -0.25) is 4.79 Å². The zero-order valence-corrected chi connectivity index (χ0v) is 8.25. The molecule has 0 bridgehead atoms. The lowest BCUT2D eigenvalue weighted by molar-refractivity contribution is -0.124. The van der Waals surface area contributed by atoms with Crippen LogP contribution in [0.15, 0.2) is 0 Å². The molecule has 0 saturated heterocycles. The molecule has 4 N–H and O–H groups in total. The molecular formula is C9H20N2O2. The second-order valence-corrected chi connectivity index (χ2v) is 3.09. The van der Waals surface area contributed by atoms with Gasteiger partial charge in [-0.1, -0.05) is 13.3 Å². The largest absolute Gasteiger partial charge is 0.396 e. The molecule has 1 amide bonds. The number of hydrogen-bond acceptors (Lipinski definition) is 3. The molecule has 13 heavy (non-hydrogen) atoms. The highest BCUT2D eigenvalue weighted by atomic mass is 16.3. The minimum Gasteiger partial charge on any atom is -0.396 e. The number of hydrogen-bond donors (Lipinski definition) is 3. The molecule has 0 fully saturated rings. The van der Waals surface area contributed by atoms with E-state index < -0.39 is 0 Å². The van der Waals surface area contributed by atoms with Crippen LogP contribution in [0.1, 0.15) is 26.2 Å². The van der Waals surface area contributed by atoms with E-state index in [9.17, 15) is 4.79 Å². The van der Waals surface area contributed by atoms with Crippen molar-refractivity contribution in [2.75, 3.05) is 19.7 Å². The van der Waals surface area contributed by atoms with Gasteiger partial charge in [0, 0.05) is 19.7 Å². The van der Waals surface area contributed by atoms with Crippen LogP contribution >= 0.6 is 0 Å². The van der Waals surface area contributed by atoms with Gasteiger partial charge < -0.3 is 16.2 Å². The zero-order chi connectivity index (χ0) is 10.1. The van der Waals surface area contributed by atoms with E-state index in [1.807, 2.05) is 6.92 Å². The Bertz CT molecular complexity index is 140. The molecule has 0 saturated carbocycles. The maximum atomic E-state index is 11.4. The van der Waals surface area contributed by atoms with E-state index in [1.165, 1.54) is 0 Å². The van der Waals surface area contributed by atoms with E-state index in [-0.39, 0.29) is 18.4 Å². The van der Waals surface area contributed by atoms with Crippen molar-refractivity contribution in [1.82, 2.24) is 5.32 Å². The van der Waals surface area contributed by atoms with Gasteiger partial charge in [0.05, 0.1) is 5.92 Å². The molecule has 0 rings (SSSR count). The van der Waals surface area contributed by atoms with Crippen LogP contribution < -0.4 is 11.1 Å². The van der Waals surface area contributed by atoms with Crippen molar-refractivity contribution in [1.29, 1.82) is 0 Å². The molecule has 0 aromatic heterocycles. The number of carbonyl (C=O) groups is 1. The van der Waals surface area contributed by atoms with Crippen molar-refractivity contribution in [3.8, 4) is 0 Å². The van der Waals surface area contributed by atoms with Crippen LogP contribution in [0.4, 0.5) is 0 Å². The fourth-order valence-electron chi connectivity index (χ4n) is 1.14. The van der Waals surface area contributed by atoms with Gasteiger partial charge in [-0.15, -0.1) is 0 Å². The van der Waals surface area contributed by atoms with Crippen molar-refractivity contribution in [2.45, 2.75) is 26.2 Å². The number of carbonyl (C=O) groups excluding carboxylic acids is 1. The monoisotopic (exact) mass is 188 g/mol. The van der Waals surface area contributed by atoms with Crippen molar-refractivity contribution in [3.63, 3.8) is 0 Å². The van der Waals surface area contributed by atoms with Crippen molar-refractivity contribution < 1.29 is 9.90 Å². The second-order valence-electron chi connectivity index (χ2n) is 3.09. The maximum absolute atomic E-state index is 11.4. The fourth-order valence-corrected chi connectivity index (χ4v) is 1.14. The third-order valence-electron chi connectivity index (χ3n) is 1.93. The number of amides is 1. The van der Waals surface area contributed by atoms with Gasteiger partial charge in [0.25, 0.3) is 0 Å². The summed E-state index contributed by atoms with van der Waals surface area (Å²) in [5, 5.41) is 11.2. The lowest BCUT2D eigenvalue weighted by Crippen LogP contribution is -2.35. The number of nitrogens with two attached hydrogens (primary N) is 1. The molecule has 1 atom stereocenters. The lowest BCUT2D eigenvalue weighted by atomic mass is 10.0. The molecule has 0 aromatic carbocycles. The summed E-state index contributed by atoms with van der Waals surface area (Å²) in [7, 11) is 0. The lowest BCUT2D eigenvalue weighted by Gasteiger charge is -2.13. The van der Waals surface area contributed by atoms with E-state index in [2.05, 4.69) is 5.32 Å². The minimum absolute atomic E-state index is 0.0119. The first-order valence-corrected chi connectivity index (χ1v) is 4.84. The first-order chi connectivity index (χ1) is 6.26. The minimum atomic E-state index is -0.0660. The number of nitrogens with one attached hydrogen (secondary N) is 1. The second kappa shape index (κ2) is 8.01. The Morgan fingerprint density at radius 3 is 2.77 bits per heavy atom. The Hall–Kier alpha value is -0.610. The average Bonchev–Trinajstić information content (AvgIpc) is 2.14. The Morgan fingerprint density at radius 2 is 2.31 bits per heavy atom. The number of aliphatic hydroxyl groups is 1. The summed E-state index contributed by atoms with van der Waals surface area (Å²) in [6.07, 6.45) is 2.41. The Balaban J connectivity index is 3.64. The van der Waals surface area contributed by atoms with Gasteiger partial charge >= 0.3 is 0 Å². The molecule has 0 spiro atoms. The quantitative estimate of drug-likeness (QED) is 0.487. The highest BCUT2D eigenvalue weighted by Gasteiger charge is 2.14. The standard InChI is InChI=1S/C9H20N2O2/c1-2-4-8(7-10)9(13)11-5-3-6-12/h8,12H,2-7,10H2,1H3,(H,11,13). The van der Waals surface area contributed by atoms with E-state index in [0.29, 0.717) is 19.5 Å². The molecule has 0 radical (unpaired) electrons. The summed E-state index contributed by atoms with van der Waals surface area (Å²) < 4.78 is 0. The Kier molecular flexibility index (Phi) is 7.63. The van der Waals surface area contributed by atoms with Crippen LogP contribution in [-0.2, 0) is 4.79 Å². The van der Waals surface area contributed by atoms with E-state index >= 15 is 0 Å². The number of aliphatic hydroxyl groups excluding tert-OH is 1. The molecule has 4 nitrogen and oxygen atoms in total.